The lowest BCUT2D eigenvalue weighted by Crippen LogP contribution is -2.27. The summed E-state index contributed by atoms with van der Waals surface area (Å²) in [6.45, 7) is 4.06. The van der Waals surface area contributed by atoms with E-state index in [-0.39, 0.29) is 11.7 Å². The van der Waals surface area contributed by atoms with Crippen LogP contribution in [0.4, 0.5) is 5.69 Å². The van der Waals surface area contributed by atoms with E-state index in [9.17, 15) is 9.59 Å². The second kappa shape index (κ2) is 6.73. The molecule has 0 aromatic heterocycles. The van der Waals surface area contributed by atoms with Gasteiger partial charge in [-0.2, -0.15) is 0 Å². The lowest BCUT2D eigenvalue weighted by Gasteiger charge is -2.19. The highest BCUT2D eigenvalue weighted by molar-refractivity contribution is 6.04. The molecule has 1 aromatic carbocycles. The van der Waals surface area contributed by atoms with E-state index < -0.39 is 0 Å². The van der Waals surface area contributed by atoms with Gasteiger partial charge in [0, 0.05) is 51.1 Å². The number of benzene rings is 1. The van der Waals surface area contributed by atoms with Gasteiger partial charge in [-0.05, 0) is 31.2 Å². The smallest absolute Gasteiger partial charge is 0.223 e. The van der Waals surface area contributed by atoms with Crippen LogP contribution in [0.15, 0.2) is 36.5 Å². The van der Waals surface area contributed by atoms with Crippen molar-refractivity contribution >= 4 is 17.4 Å². The van der Waals surface area contributed by atoms with Crippen molar-refractivity contribution in [1.82, 2.24) is 4.90 Å². The molecule has 0 unspecified atom stereocenters. The zero-order valence-electron chi connectivity index (χ0n) is 11.9. The van der Waals surface area contributed by atoms with Crippen LogP contribution in [-0.4, -0.2) is 37.2 Å². The maximum Gasteiger partial charge on any atom is 0.223 e. The molecule has 0 aliphatic carbocycles. The van der Waals surface area contributed by atoms with Crippen molar-refractivity contribution in [2.45, 2.75) is 13.8 Å². The summed E-state index contributed by atoms with van der Waals surface area (Å²) in [6.07, 6.45) is 3.24. The molecule has 0 fully saturated rings. The normalized spacial score (nSPS) is 10.5. The zero-order chi connectivity index (χ0) is 14.4. The third kappa shape index (κ3) is 4.25. The standard InChI is InChI=1S/C15H20N2O2/c1-5-17(12(2)18)14-8-6-13(7-9-14)15(19)10-11-16(3)4/h6-11H,5H2,1-4H3. The van der Waals surface area contributed by atoms with Crippen molar-refractivity contribution in [3.05, 3.63) is 42.1 Å². The first kappa shape index (κ1) is 15.0. The summed E-state index contributed by atoms with van der Waals surface area (Å²) in [5.74, 6) is -0.0554. The fraction of sp³-hybridized carbons (Fsp3) is 0.333. The zero-order valence-corrected chi connectivity index (χ0v) is 11.9. The van der Waals surface area contributed by atoms with E-state index in [1.54, 1.807) is 40.3 Å². The molecule has 0 bridgehead atoms. The van der Waals surface area contributed by atoms with E-state index in [1.807, 2.05) is 21.0 Å². The van der Waals surface area contributed by atoms with E-state index in [4.69, 9.17) is 0 Å². The molecule has 0 heterocycles. The molecule has 4 heteroatoms. The van der Waals surface area contributed by atoms with Gasteiger partial charge in [0.05, 0.1) is 0 Å². The second-order valence-electron chi connectivity index (χ2n) is 4.45. The maximum atomic E-state index is 11.8. The molecular formula is C15H20N2O2. The maximum absolute atomic E-state index is 11.8. The molecule has 0 aliphatic heterocycles. The number of carbonyl (C=O) groups excluding carboxylic acids is 2. The van der Waals surface area contributed by atoms with Crippen molar-refractivity contribution in [2.24, 2.45) is 0 Å². The Kier molecular flexibility index (Phi) is 5.30. The highest BCUT2D eigenvalue weighted by atomic mass is 16.2. The van der Waals surface area contributed by atoms with Crippen LogP contribution in [0.1, 0.15) is 24.2 Å². The molecule has 0 atom stereocenters. The first-order valence-electron chi connectivity index (χ1n) is 6.22. The Hall–Kier alpha value is -2.10. The van der Waals surface area contributed by atoms with Crippen LogP contribution in [0.5, 0.6) is 0 Å². The minimum Gasteiger partial charge on any atom is -0.383 e. The molecule has 0 spiro atoms. The van der Waals surface area contributed by atoms with E-state index in [1.165, 1.54) is 13.0 Å². The summed E-state index contributed by atoms with van der Waals surface area (Å²) in [5.41, 5.74) is 1.42. The van der Waals surface area contributed by atoms with Crippen molar-refractivity contribution in [1.29, 1.82) is 0 Å². The van der Waals surface area contributed by atoms with Crippen LogP contribution in [0, 0.1) is 0 Å². The highest BCUT2D eigenvalue weighted by Crippen LogP contribution is 2.16. The van der Waals surface area contributed by atoms with Gasteiger partial charge in [-0.15, -0.1) is 0 Å². The van der Waals surface area contributed by atoms with Crippen LogP contribution in [0.25, 0.3) is 0 Å². The third-order valence-electron chi connectivity index (χ3n) is 2.68. The van der Waals surface area contributed by atoms with Gasteiger partial charge in [0.15, 0.2) is 5.78 Å². The van der Waals surface area contributed by atoms with Gasteiger partial charge in [-0.3, -0.25) is 9.59 Å². The van der Waals surface area contributed by atoms with Gasteiger partial charge in [0.25, 0.3) is 0 Å². The first-order chi connectivity index (χ1) is 8.95. The Labute approximate surface area is 114 Å². The largest absolute Gasteiger partial charge is 0.383 e. The molecular weight excluding hydrogens is 240 g/mol. The Balaban J connectivity index is 2.87. The summed E-state index contributed by atoms with van der Waals surface area (Å²) in [6, 6.07) is 7.07. The van der Waals surface area contributed by atoms with E-state index >= 15 is 0 Å². The SMILES string of the molecule is CCN(C(C)=O)c1ccc(C(=O)C=CN(C)C)cc1. The molecule has 0 aliphatic rings. The Morgan fingerprint density at radius 3 is 2.16 bits per heavy atom. The van der Waals surface area contributed by atoms with Gasteiger partial charge >= 0.3 is 0 Å². The van der Waals surface area contributed by atoms with Gasteiger partial charge in [-0.25, -0.2) is 0 Å². The Morgan fingerprint density at radius 1 is 1.16 bits per heavy atom. The topological polar surface area (TPSA) is 40.6 Å². The molecule has 0 N–H and O–H groups in total. The van der Waals surface area contributed by atoms with Crippen LogP contribution in [0.2, 0.25) is 0 Å². The number of allylic oxidation sites excluding steroid dienone is 1. The number of carbonyl (C=O) groups is 2. The summed E-state index contributed by atoms with van der Waals surface area (Å²) in [4.78, 5) is 26.7. The minimum absolute atomic E-state index is 0.00548. The number of hydrogen-bond acceptors (Lipinski definition) is 3. The lowest BCUT2D eigenvalue weighted by molar-refractivity contribution is -0.116. The molecule has 4 nitrogen and oxygen atoms in total. The number of amides is 1. The average molecular weight is 260 g/mol. The van der Waals surface area contributed by atoms with Crippen molar-refractivity contribution in [2.75, 3.05) is 25.5 Å². The fourth-order valence-corrected chi connectivity index (χ4v) is 1.71. The molecule has 0 radical (unpaired) electrons. The third-order valence-corrected chi connectivity index (χ3v) is 2.68. The van der Waals surface area contributed by atoms with E-state index in [0.717, 1.165) is 5.69 Å². The van der Waals surface area contributed by atoms with Gasteiger partial charge in [-0.1, -0.05) is 0 Å². The summed E-state index contributed by atoms with van der Waals surface area (Å²) < 4.78 is 0. The molecule has 102 valence electrons. The fourth-order valence-electron chi connectivity index (χ4n) is 1.71. The minimum atomic E-state index is -0.0499. The molecule has 0 saturated heterocycles. The highest BCUT2D eigenvalue weighted by Gasteiger charge is 2.09. The van der Waals surface area contributed by atoms with E-state index in [0.29, 0.717) is 12.1 Å². The summed E-state index contributed by atoms with van der Waals surface area (Å²) in [5, 5.41) is 0. The van der Waals surface area contributed by atoms with Crippen LogP contribution in [0.3, 0.4) is 0 Å². The van der Waals surface area contributed by atoms with Gasteiger partial charge in [0.1, 0.15) is 0 Å². The summed E-state index contributed by atoms with van der Waals surface area (Å²) in [7, 11) is 3.72. The van der Waals surface area contributed by atoms with Crippen LogP contribution < -0.4 is 4.90 Å². The Morgan fingerprint density at radius 2 is 1.74 bits per heavy atom. The van der Waals surface area contributed by atoms with Crippen molar-refractivity contribution in [3.63, 3.8) is 0 Å². The number of anilines is 1. The molecule has 1 rings (SSSR count). The first-order valence-corrected chi connectivity index (χ1v) is 6.22. The predicted molar refractivity (Wildman–Crippen MR) is 77.3 cm³/mol. The lowest BCUT2D eigenvalue weighted by atomic mass is 10.1. The second-order valence-corrected chi connectivity index (χ2v) is 4.45. The monoisotopic (exact) mass is 260 g/mol. The van der Waals surface area contributed by atoms with Crippen molar-refractivity contribution in [3.8, 4) is 0 Å². The van der Waals surface area contributed by atoms with Crippen LogP contribution in [-0.2, 0) is 4.79 Å². The average Bonchev–Trinajstić information content (AvgIpc) is 2.37. The molecule has 0 saturated carbocycles. The number of ketones is 1. The van der Waals surface area contributed by atoms with Gasteiger partial charge in [0.2, 0.25) is 5.91 Å². The quantitative estimate of drug-likeness (QED) is 0.602. The number of rotatable bonds is 5. The molecule has 19 heavy (non-hydrogen) atoms. The number of hydrogen-bond donors (Lipinski definition) is 0. The number of nitrogens with zero attached hydrogens (tertiary/aromatic N) is 2. The molecule has 1 aromatic rings. The molecule has 1 amide bonds. The summed E-state index contributed by atoms with van der Waals surface area (Å²) >= 11 is 0. The van der Waals surface area contributed by atoms with E-state index in [2.05, 4.69) is 0 Å². The Bertz CT molecular complexity index is 475. The van der Waals surface area contributed by atoms with Crippen molar-refractivity contribution < 1.29 is 9.59 Å². The predicted octanol–water partition coefficient (Wildman–Crippen LogP) is 2.32. The van der Waals surface area contributed by atoms with Crippen LogP contribution >= 0.6 is 0 Å². The van der Waals surface area contributed by atoms with Gasteiger partial charge < -0.3 is 9.80 Å².